The van der Waals surface area contributed by atoms with E-state index in [9.17, 15) is 8.42 Å². The fourth-order valence-electron chi connectivity index (χ4n) is 3.94. The van der Waals surface area contributed by atoms with Crippen molar-refractivity contribution < 1.29 is 13.2 Å². The normalized spacial score (nSPS) is 19.4. The number of nitrogens with zero attached hydrogens (tertiary/aromatic N) is 3. The second kappa shape index (κ2) is 10.4. The number of rotatable bonds is 7. The molecule has 8 heteroatoms. The van der Waals surface area contributed by atoms with Crippen LogP contribution in [0, 0.1) is 5.92 Å². The SMILES string of the molecule is CN=C(NCc1ccc(S(=O)(=O)N2CCCC2)cc1)N(C)CCC1CCOCC1. The Morgan fingerprint density at radius 3 is 2.48 bits per heavy atom. The third-order valence-electron chi connectivity index (χ3n) is 5.86. The second-order valence-electron chi connectivity index (χ2n) is 7.92. The van der Waals surface area contributed by atoms with Gasteiger partial charge in [-0.1, -0.05) is 12.1 Å². The van der Waals surface area contributed by atoms with E-state index in [1.165, 1.54) is 0 Å². The van der Waals surface area contributed by atoms with Crippen molar-refractivity contribution in [1.82, 2.24) is 14.5 Å². The van der Waals surface area contributed by atoms with Crippen molar-refractivity contribution in [2.75, 3.05) is 46.9 Å². The highest BCUT2D eigenvalue weighted by atomic mass is 32.2. The molecule has 29 heavy (non-hydrogen) atoms. The van der Waals surface area contributed by atoms with Crippen LogP contribution in [0.1, 0.15) is 37.7 Å². The molecule has 0 atom stereocenters. The van der Waals surface area contributed by atoms with Crippen LogP contribution in [0.4, 0.5) is 0 Å². The van der Waals surface area contributed by atoms with E-state index in [2.05, 4.69) is 22.3 Å². The molecule has 0 aromatic heterocycles. The van der Waals surface area contributed by atoms with Crippen LogP contribution in [-0.2, 0) is 21.3 Å². The summed E-state index contributed by atoms with van der Waals surface area (Å²) >= 11 is 0. The van der Waals surface area contributed by atoms with Crippen LogP contribution in [0.3, 0.4) is 0 Å². The Balaban J connectivity index is 1.50. The van der Waals surface area contributed by atoms with Crippen LogP contribution < -0.4 is 5.32 Å². The van der Waals surface area contributed by atoms with Gasteiger partial charge in [-0.2, -0.15) is 4.31 Å². The predicted molar refractivity (Wildman–Crippen MR) is 115 cm³/mol. The molecular weight excluding hydrogens is 388 g/mol. The van der Waals surface area contributed by atoms with E-state index in [1.54, 1.807) is 23.5 Å². The summed E-state index contributed by atoms with van der Waals surface area (Å²) in [6.07, 6.45) is 5.33. The minimum absolute atomic E-state index is 0.376. The Kier molecular flexibility index (Phi) is 7.91. The predicted octanol–water partition coefficient (Wildman–Crippen LogP) is 2.29. The smallest absolute Gasteiger partial charge is 0.243 e. The largest absolute Gasteiger partial charge is 0.381 e. The molecule has 2 saturated heterocycles. The summed E-state index contributed by atoms with van der Waals surface area (Å²) in [6.45, 7) is 4.58. The van der Waals surface area contributed by atoms with Crippen LogP contribution in [0.15, 0.2) is 34.2 Å². The first-order chi connectivity index (χ1) is 14.0. The molecule has 0 spiro atoms. The van der Waals surface area contributed by atoms with Crippen molar-refractivity contribution in [2.24, 2.45) is 10.9 Å². The monoisotopic (exact) mass is 422 g/mol. The molecule has 1 aromatic rings. The maximum atomic E-state index is 12.6. The zero-order valence-electron chi connectivity index (χ0n) is 17.6. The van der Waals surface area contributed by atoms with Gasteiger partial charge in [-0.05, 0) is 55.7 Å². The number of hydrogen-bond donors (Lipinski definition) is 1. The number of hydrogen-bond acceptors (Lipinski definition) is 4. The fraction of sp³-hybridized carbons (Fsp3) is 0.667. The molecule has 0 unspecified atom stereocenters. The Bertz CT molecular complexity index is 768. The third kappa shape index (κ3) is 5.93. The lowest BCUT2D eigenvalue weighted by Crippen LogP contribution is -2.39. The first-order valence-electron chi connectivity index (χ1n) is 10.6. The first-order valence-corrected chi connectivity index (χ1v) is 12.0. The average Bonchev–Trinajstić information content (AvgIpc) is 3.30. The Hall–Kier alpha value is -1.64. The molecule has 2 heterocycles. The van der Waals surface area contributed by atoms with Gasteiger partial charge in [0.05, 0.1) is 4.90 Å². The maximum absolute atomic E-state index is 12.6. The molecule has 1 N–H and O–H groups in total. The van der Waals surface area contributed by atoms with Gasteiger partial charge in [-0.25, -0.2) is 8.42 Å². The van der Waals surface area contributed by atoms with Crippen LogP contribution in [0.5, 0.6) is 0 Å². The standard InChI is InChI=1S/C21H34N4O3S/c1-22-21(24(2)14-9-18-10-15-28-16-11-18)23-17-19-5-7-20(8-6-19)29(26,27)25-12-3-4-13-25/h5-8,18H,3-4,9-17H2,1-2H3,(H,22,23). The van der Waals surface area contributed by atoms with Gasteiger partial charge in [0, 0.05) is 53.5 Å². The molecule has 2 aliphatic rings. The molecular formula is C21H34N4O3S. The van der Waals surface area contributed by atoms with Gasteiger partial charge in [0.15, 0.2) is 5.96 Å². The van der Waals surface area contributed by atoms with Crippen molar-refractivity contribution >= 4 is 16.0 Å². The second-order valence-corrected chi connectivity index (χ2v) is 9.86. The van der Waals surface area contributed by atoms with E-state index in [-0.39, 0.29) is 0 Å². The van der Waals surface area contributed by atoms with Gasteiger partial charge < -0.3 is 15.0 Å². The van der Waals surface area contributed by atoms with E-state index in [1.807, 2.05) is 12.1 Å². The van der Waals surface area contributed by atoms with Crippen LogP contribution in [0.2, 0.25) is 0 Å². The Labute approximate surface area is 175 Å². The maximum Gasteiger partial charge on any atom is 0.243 e. The number of sulfonamides is 1. The van der Waals surface area contributed by atoms with Crippen LogP contribution in [0.25, 0.3) is 0 Å². The molecule has 0 amide bonds. The van der Waals surface area contributed by atoms with Gasteiger partial charge in [-0.3, -0.25) is 4.99 Å². The quantitative estimate of drug-likeness (QED) is 0.539. The fourth-order valence-corrected chi connectivity index (χ4v) is 5.46. The van der Waals surface area contributed by atoms with Crippen molar-refractivity contribution in [2.45, 2.75) is 43.5 Å². The third-order valence-corrected chi connectivity index (χ3v) is 7.78. The van der Waals surface area contributed by atoms with Gasteiger partial charge >= 0.3 is 0 Å². The van der Waals surface area contributed by atoms with E-state index in [0.717, 1.165) is 69.3 Å². The lowest BCUT2D eigenvalue weighted by molar-refractivity contribution is 0.0625. The summed E-state index contributed by atoms with van der Waals surface area (Å²) in [6, 6.07) is 7.18. The minimum Gasteiger partial charge on any atom is -0.381 e. The van der Waals surface area contributed by atoms with Crippen LogP contribution >= 0.6 is 0 Å². The highest BCUT2D eigenvalue weighted by molar-refractivity contribution is 7.89. The Morgan fingerprint density at radius 1 is 1.21 bits per heavy atom. The number of nitrogens with one attached hydrogen (secondary N) is 1. The van der Waals surface area contributed by atoms with Crippen molar-refractivity contribution in [3.63, 3.8) is 0 Å². The summed E-state index contributed by atoms with van der Waals surface area (Å²) in [5.74, 6) is 1.58. The van der Waals surface area contributed by atoms with Crippen molar-refractivity contribution in [1.29, 1.82) is 0 Å². The summed E-state index contributed by atoms with van der Waals surface area (Å²) in [4.78, 5) is 6.91. The zero-order chi connectivity index (χ0) is 20.7. The lowest BCUT2D eigenvalue weighted by atomic mass is 9.96. The first kappa shape index (κ1) is 22.1. The molecule has 2 fully saturated rings. The summed E-state index contributed by atoms with van der Waals surface area (Å²) in [5.41, 5.74) is 1.03. The Morgan fingerprint density at radius 2 is 1.86 bits per heavy atom. The van der Waals surface area contributed by atoms with Gasteiger partial charge in [0.25, 0.3) is 0 Å². The highest BCUT2D eigenvalue weighted by Gasteiger charge is 2.26. The van der Waals surface area contributed by atoms with Gasteiger partial charge in [0.1, 0.15) is 0 Å². The van der Waals surface area contributed by atoms with E-state index < -0.39 is 10.0 Å². The molecule has 7 nitrogen and oxygen atoms in total. The zero-order valence-corrected chi connectivity index (χ0v) is 18.5. The highest BCUT2D eigenvalue weighted by Crippen LogP contribution is 2.21. The molecule has 1 aromatic carbocycles. The molecule has 0 aliphatic carbocycles. The molecule has 0 saturated carbocycles. The van der Waals surface area contributed by atoms with Crippen molar-refractivity contribution in [3.05, 3.63) is 29.8 Å². The number of benzene rings is 1. The van der Waals surface area contributed by atoms with Crippen molar-refractivity contribution in [3.8, 4) is 0 Å². The van der Waals surface area contributed by atoms with Crippen LogP contribution in [-0.4, -0.2) is 70.5 Å². The average molecular weight is 423 g/mol. The molecule has 162 valence electrons. The number of ether oxygens (including phenoxy) is 1. The van der Waals surface area contributed by atoms with E-state index in [4.69, 9.17) is 4.74 Å². The summed E-state index contributed by atoms with van der Waals surface area (Å²) < 4.78 is 32.3. The van der Waals surface area contributed by atoms with Gasteiger partial charge in [-0.15, -0.1) is 0 Å². The van der Waals surface area contributed by atoms with E-state index in [0.29, 0.717) is 24.5 Å². The van der Waals surface area contributed by atoms with E-state index >= 15 is 0 Å². The minimum atomic E-state index is -3.35. The number of aliphatic imine (C=N–C) groups is 1. The topological polar surface area (TPSA) is 74.2 Å². The lowest BCUT2D eigenvalue weighted by Gasteiger charge is -2.26. The van der Waals surface area contributed by atoms with Gasteiger partial charge in [0.2, 0.25) is 10.0 Å². The number of guanidine groups is 1. The summed E-state index contributed by atoms with van der Waals surface area (Å²) in [5, 5.41) is 3.38. The molecule has 0 bridgehead atoms. The molecule has 2 aliphatic heterocycles. The molecule has 0 radical (unpaired) electrons. The summed E-state index contributed by atoms with van der Waals surface area (Å²) in [7, 11) is 0.496. The molecule has 3 rings (SSSR count).